The Balaban J connectivity index is 1.81. The summed E-state index contributed by atoms with van der Waals surface area (Å²) in [4.78, 5) is 45.5. The topological polar surface area (TPSA) is 130 Å². The average Bonchev–Trinajstić information content (AvgIpc) is 3.00. The van der Waals surface area contributed by atoms with Crippen molar-refractivity contribution in [3.05, 3.63) is 94.8 Å². The maximum atomic E-state index is 15.0. The van der Waals surface area contributed by atoms with Crippen LogP contribution in [0.5, 0.6) is 11.5 Å². The molecule has 1 fully saturated rings. The van der Waals surface area contributed by atoms with Crippen molar-refractivity contribution in [2.75, 3.05) is 46.9 Å². The van der Waals surface area contributed by atoms with Crippen LogP contribution >= 0.6 is 0 Å². The Hall–Kier alpha value is -4.12. The summed E-state index contributed by atoms with van der Waals surface area (Å²) in [6.45, 7) is 2.17. The quantitative estimate of drug-likeness (QED) is 0.183. The zero-order chi connectivity index (χ0) is 32.0. The highest BCUT2D eigenvalue weighted by atomic mass is 19.1. The molecule has 3 aromatic rings. The summed E-state index contributed by atoms with van der Waals surface area (Å²) in [6.07, 6.45) is 0.690. The van der Waals surface area contributed by atoms with Crippen molar-refractivity contribution in [2.45, 2.75) is 25.3 Å². The molecule has 44 heavy (non-hydrogen) atoms. The number of aliphatic hydroxyl groups excluding tert-OH is 1. The number of likely N-dealkylation sites (tertiary alicyclic amines) is 1. The van der Waals surface area contributed by atoms with Gasteiger partial charge < -0.3 is 25.5 Å². The molecule has 0 spiro atoms. The number of hydrogen-bond donors (Lipinski definition) is 4. The Bertz CT molecular complexity index is 1430. The minimum atomic E-state index is -1.05. The van der Waals surface area contributed by atoms with E-state index in [1.807, 2.05) is 19.0 Å². The highest BCUT2D eigenvalue weighted by Gasteiger charge is 2.47. The SMILES string of the molecule is Cc1c(F)cccc1C1C(C(=O)c2cccc(O)c2)CN(C(CO)C(=O)NCCCN(C)C)CC1C(=O)c1cccc(O)c1. The molecule has 3 unspecified atom stereocenters. The lowest BCUT2D eigenvalue weighted by Gasteiger charge is -2.45. The molecule has 0 saturated carbocycles. The number of aliphatic hydroxyl groups is 1. The van der Waals surface area contributed by atoms with E-state index < -0.39 is 53.7 Å². The van der Waals surface area contributed by atoms with Gasteiger partial charge in [-0.25, -0.2) is 4.39 Å². The third-order valence-corrected chi connectivity index (χ3v) is 8.33. The number of rotatable bonds is 12. The number of phenolic OH excluding ortho intramolecular Hbond substituents is 2. The van der Waals surface area contributed by atoms with Crippen LogP contribution in [0.15, 0.2) is 66.7 Å². The van der Waals surface area contributed by atoms with E-state index in [1.165, 1.54) is 36.4 Å². The van der Waals surface area contributed by atoms with E-state index >= 15 is 0 Å². The third-order valence-electron chi connectivity index (χ3n) is 8.33. The summed E-state index contributed by atoms with van der Waals surface area (Å²) < 4.78 is 15.0. The first kappa shape index (κ1) is 32.8. The Labute approximate surface area is 256 Å². The number of amides is 1. The number of hydrogen-bond acceptors (Lipinski definition) is 8. The Morgan fingerprint density at radius 1 is 0.932 bits per heavy atom. The van der Waals surface area contributed by atoms with E-state index in [-0.39, 0.29) is 35.7 Å². The fourth-order valence-electron chi connectivity index (χ4n) is 6.09. The number of aromatic hydroxyl groups is 2. The van der Waals surface area contributed by atoms with Gasteiger partial charge in [0.05, 0.1) is 6.61 Å². The second-order valence-electron chi connectivity index (χ2n) is 11.6. The number of nitrogens with one attached hydrogen (secondary N) is 1. The Morgan fingerprint density at radius 2 is 1.48 bits per heavy atom. The van der Waals surface area contributed by atoms with Gasteiger partial charge in [-0.3, -0.25) is 19.3 Å². The second-order valence-corrected chi connectivity index (χ2v) is 11.6. The summed E-state index contributed by atoms with van der Waals surface area (Å²) in [5, 5.41) is 33.6. The van der Waals surface area contributed by atoms with Crippen LogP contribution in [0, 0.1) is 24.6 Å². The van der Waals surface area contributed by atoms with Crippen molar-refractivity contribution in [2.24, 2.45) is 11.8 Å². The van der Waals surface area contributed by atoms with Gasteiger partial charge in [-0.05, 0) is 75.4 Å². The monoisotopic (exact) mass is 605 g/mol. The lowest BCUT2D eigenvalue weighted by atomic mass is 9.67. The zero-order valence-corrected chi connectivity index (χ0v) is 25.2. The van der Waals surface area contributed by atoms with E-state index in [0.29, 0.717) is 24.1 Å². The lowest BCUT2D eigenvalue weighted by Crippen LogP contribution is -2.58. The Kier molecular flexibility index (Phi) is 10.9. The standard InChI is InChI=1S/C34H40FN3O6/c1-21-26(12-6-13-29(21)35)31-27(32(42)22-8-4-10-24(40)16-22)18-38(30(20-39)34(44)36-14-7-15-37(2)3)19-28(31)33(43)23-9-5-11-25(41)17-23/h4-6,8-13,16-17,27-28,30-31,39-41H,7,14-15,18-20H2,1-3H3,(H,36,44). The molecule has 1 heterocycles. The molecule has 9 nitrogen and oxygen atoms in total. The van der Waals surface area contributed by atoms with Gasteiger partial charge in [0.2, 0.25) is 5.91 Å². The second kappa shape index (κ2) is 14.6. The van der Waals surface area contributed by atoms with E-state index in [2.05, 4.69) is 5.32 Å². The van der Waals surface area contributed by atoms with Crippen molar-refractivity contribution in [3.63, 3.8) is 0 Å². The predicted molar refractivity (Wildman–Crippen MR) is 164 cm³/mol. The first-order valence-electron chi connectivity index (χ1n) is 14.7. The van der Waals surface area contributed by atoms with Gasteiger partial charge in [0.1, 0.15) is 23.4 Å². The van der Waals surface area contributed by atoms with Gasteiger partial charge in [-0.1, -0.05) is 36.4 Å². The van der Waals surface area contributed by atoms with E-state index in [0.717, 1.165) is 6.54 Å². The summed E-state index contributed by atoms with van der Waals surface area (Å²) in [6, 6.07) is 15.2. The zero-order valence-electron chi connectivity index (χ0n) is 25.2. The number of ketones is 2. The highest BCUT2D eigenvalue weighted by molar-refractivity contribution is 6.02. The number of halogens is 1. The fraction of sp³-hybridized carbons (Fsp3) is 0.382. The molecule has 1 saturated heterocycles. The molecule has 0 radical (unpaired) electrons. The lowest BCUT2D eigenvalue weighted by molar-refractivity contribution is -0.129. The molecule has 0 bridgehead atoms. The summed E-state index contributed by atoms with van der Waals surface area (Å²) in [7, 11) is 3.85. The smallest absolute Gasteiger partial charge is 0.239 e. The van der Waals surface area contributed by atoms with Crippen LogP contribution in [0.1, 0.15) is 44.2 Å². The normalized spacial score (nSPS) is 19.5. The minimum Gasteiger partial charge on any atom is -0.508 e. The van der Waals surface area contributed by atoms with Gasteiger partial charge in [-0.15, -0.1) is 0 Å². The summed E-state index contributed by atoms with van der Waals surface area (Å²) in [5.74, 6) is -4.64. The molecule has 1 amide bonds. The van der Waals surface area contributed by atoms with Crippen molar-refractivity contribution < 1.29 is 34.1 Å². The first-order valence-corrected chi connectivity index (χ1v) is 14.7. The molecule has 3 aromatic carbocycles. The third kappa shape index (κ3) is 7.50. The summed E-state index contributed by atoms with van der Waals surface area (Å²) >= 11 is 0. The number of piperidine rings is 1. The van der Waals surface area contributed by atoms with Crippen LogP contribution in [0.4, 0.5) is 4.39 Å². The number of phenols is 2. The number of nitrogens with zero attached hydrogens (tertiary/aromatic N) is 2. The van der Waals surface area contributed by atoms with Crippen molar-refractivity contribution in [1.82, 2.24) is 15.1 Å². The van der Waals surface area contributed by atoms with Crippen molar-refractivity contribution in [3.8, 4) is 11.5 Å². The number of carbonyl (C=O) groups excluding carboxylic acids is 3. The van der Waals surface area contributed by atoms with Gasteiger partial charge in [0.15, 0.2) is 11.6 Å². The molecule has 0 aliphatic carbocycles. The molecule has 4 N–H and O–H groups in total. The molecule has 10 heteroatoms. The van der Waals surface area contributed by atoms with Crippen LogP contribution in [-0.2, 0) is 4.79 Å². The molecule has 1 aliphatic rings. The molecule has 0 aromatic heterocycles. The van der Waals surface area contributed by atoms with Gasteiger partial charge in [0.25, 0.3) is 0 Å². The summed E-state index contributed by atoms with van der Waals surface area (Å²) in [5.41, 5.74) is 1.18. The van der Waals surface area contributed by atoms with E-state index in [4.69, 9.17) is 0 Å². The average molecular weight is 606 g/mol. The molecule has 1 aliphatic heterocycles. The number of benzene rings is 3. The maximum Gasteiger partial charge on any atom is 0.239 e. The van der Waals surface area contributed by atoms with Crippen molar-refractivity contribution in [1.29, 1.82) is 0 Å². The first-order chi connectivity index (χ1) is 21.0. The molecule has 3 atom stereocenters. The van der Waals surface area contributed by atoms with E-state index in [1.54, 1.807) is 42.2 Å². The molecular formula is C34H40FN3O6. The molecular weight excluding hydrogens is 565 g/mol. The maximum absolute atomic E-state index is 15.0. The van der Waals surface area contributed by atoms with Crippen LogP contribution in [-0.4, -0.2) is 95.5 Å². The highest BCUT2D eigenvalue weighted by Crippen LogP contribution is 2.43. The Morgan fingerprint density at radius 3 is 1.98 bits per heavy atom. The van der Waals surface area contributed by atoms with Gasteiger partial charge in [-0.2, -0.15) is 0 Å². The van der Waals surface area contributed by atoms with Crippen LogP contribution in [0.3, 0.4) is 0 Å². The number of carbonyl (C=O) groups is 3. The molecule has 234 valence electrons. The van der Waals surface area contributed by atoms with E-state index in [9.17, 15) is 34.1 Å². The van der Waals surface area contributed by atoms with Crippen LogP contribution in [0.2, 0.25) is 0 Å². The van der Waals surface area contributed by atoms with Gasteiger partial charge in [0, 0.05) is 48.5 Å². The fourth-order valence-corrected chi connectivity index (χ4v) is 6.09. The largest absolute Gasteiger partial charge is 0.508 e. The number of Topliss-reactive ketones (excluding diaryl/α,β-unsaturated/α-hetero) is 2. The van der Waals surface area contributed by atoms with Crippen LogP contribution in [0.25, 0.3) is 0 Å². The van der Waals surface area contributed by atoms with Crippen LogP contribution < -0.4 is 5.32 Å². The molecule has 4 rings (SSSR count). The van der Waals surface area contributed by atoms with Crippen molar-refractivity contribution >= 4 is 17.5 Å². The predicted octanol–water partition coefficient (Wildman–Crippen LogP) is 3.37. The van der Waals surface area contributed by atoms with Gasteiger partial charge >= 0.3 is 0 Å². The minimum absolute atomic E-state index is 0.00469.